The number of aliphatic hydroxyl groups is 1. The van der Waals surface area contributed by atoms with Gasteiger partial charge < -0.3 is 9.84 Å². The number of fused-ring (bicyclic) bond motifs is 3. The van der Waals surface area contributed by atoms with Gasteiger partial charge in [-0.1, -0.05) is 11.6 Å². The van der Waals surface area contributed by atoms with E-state index in [1.807, 2.05) is 0 Å². The van der Waals surface area contributed by atoms with E-state index in [0.29, 0.717) is 6.42 Å². The molecule has 1 N–H and O–H groups in total. The molecule has 3 rings (SSSR count). The van der Waals surface area contributed by atoms with Gasteiger partial charge in [-0.3, -0.25) is 4.40 Å². The van der Waals surface area contributed by atoms with Gasteiger partial charge in [0, 0.05) is 18.1 Å². The van der Waals surface area contributed by atoms with Gasteiger partial charge in [0.2, 0.25) is 11.5 Å². The van der Waals surface area contributed by atoms with Crippen LogP contribution < -0.4 is 4.74 Å². The summed E-state index contributed by atoms with van der Waals surface area (Å²) in [6, 6.07) is 4.35. The summed E-state index contributed by atoms with van der Waals surface area (Å²) in [5.74, 6) is -1.27. The third kappa shape index (κ3) is 2.89. The molecule has 23 heavy (non-hydrogen) atoms. The lowest BCUT2D eigenvalue weighted by atomic mass is 10.3. The molecule has 0 unspecified atom stereocenters. The molecule has 122 valence electrons. The van der Waals surface area contributed by atoms with Gasteiger partial charge >= 0.3 is 6.18 Å². The molecule has 0 radical (unpaired) electrons. The number of ether oxygens (including phenoxy) is 1. The number of hydrogen-bond donors (Lipinski definition) is 1. The van der Waals surface area contributed by atoms with Crippen molar-refractivity contribution in [3.05, 3.63) is 29.0 Å². The zero-order chi connectivity index (χ0) is 16.6. The third-order valence-electron chi connectivity index (χ3n) is 3.05. The van der Waals surface area contributed by atoms with Crippen molar-refractivity contribution >= 4 is 28.3 Å². The second kappa shape index (κ2) is 5.82. The van der Waals surface area contributed by atoms with Crippen LogP contribution in [0.1, 0.15) is 12.2 Å². The third-order valence-corrected chi connectivity index (χ3v) is 3.28. The minimum atomic E-state index is -4.70. The molecule has 3 aromatic rings. The number of nitrogens with zero attached hydrogens (tertiary/aromatic N) is 4. The van der Waals surface area contributed by atoms with Crippen molar-refractivity contribution in [3.8, 4) is 5.88 Å². The van der Waals surface area contributed by atoms with Crippen LogP contribution in [0.25, 0.3) is 16.7 Å². The molecule has 0 bridgehead atoms. The zero-order valence-electron chi connectivity index (χ0n) is 11.5. The Labute approximate surface area is 132 Å². The standard InChI is InChI=1S/C13H10ClF3N4O2/c14-7-2-3-8-9(6-7)21-10(11(18-8)23-5-1-4-22)19-20-12(21)13(15,16)17/h2-3,6,22H,1,4-5H2. The van der Waals surface area contributed by atoms with E-state index in [9.17, 15) is 13.2 Å². The predicted octanol–water partition coefficient (Wildman–Crippen LogP) is 2.71. The number of rotatable bonds is 4. The van der Waals surface area contributed by atoms with Crippen LogP contribution >= 0.6 is 11.6 Å². The lowest BCUT2D eigenvalue weighted by molar-refractivity contribution is -0.145. The molecule has 0 saturated carbocycles. The van der Waals surface area contributed by atoms with Gasteiger partial charge in [0.1, 0.15) is 0 Å². The van der Waals surface area contributed by atoms with Crippen molar-refractivity contribution in [2.24, 2.45) is 0 Å². The molecule has 10 heteroatoms. The zero-order valence-corrected chi connectivity index (χ0v) is 12.3. The van der Waals surface area contributed by atoms with Gasteiger partial charge in [-0.05, 0) is 18.2 Å². The van der Waals surface area contributed by atoms with Crippen molar-refractivity contribution in [1.29, 1.82) is 0 Å². The quantitative estimate of drug-likeness (QED) is 0.735. The van der Waals surface area contributed by atoms with Crippen LogP contribution in [0.15, 0.2) is 18.2 Å². The van der Waals surface area contributed by atoms with Crippen LogP contribution in [0.4, 0.5) is 13.2 Å². The second-order valence-electron chi connectivity index (χ2n) is 4.66. The first-order valence-electron chi connectivity index (χ1n) is 6.57. The van der Waals surface area contributed by atoms with Crippen LogP contribution in [-0.2, 0) is 6.18 Å². The molecular weight excluding hydrogens is 337 g/mol. The number of benzene rings is 1. The average molecular weight is 347 g/mol. The molecule has 0 spiro atoms. The van der Waals surface area contributed by atoms with E-state index in [2.05, 4.69) is 15.2 Å². The van der Waals surface area contributed by atoms with Gasteiger partial charge in [-0.2, -0.15) is 13.2 Å². The highest BCUT2D eigenvalue weighted by atomic mass is 35.5. The Morgan fingerprint density at radius 1 is 1.26 bits per heavy atom. The van der Waals surface area contributed by atoms with E-state index in [1.54, 1.807) is 0 Å². The van der Waals surface area contributed by atoms with Crippen molar-refractivity contribution < 1.29 is 23.0 Å². The smallest absolute Gasteiger partial charge is 0.452 e. The Morgan fingerprint density at radius 2 is 2.04 bits per heavy atom. The number of alkyl halides is 3. The molecule has 6 nitrogen and oxygen atoms in total. The van der Waals surface area contributed by atoms with Crippen LogP contribution in [0.5, 0.6) is 5.88 Å². The molecule has 2 heterocycles. The van der Waals surface area contributed by atoms with Crippen molar-refractivity contribution in [1.82, 2.24) is 19.6 Å². The Kier molecular flexibility index (Phi) is 3.99. The van der Waals surface area contributed by atoms with Crippen LogP contribution in [-0.4, -0.2) is 37.9 Å². The Morgan fingerprint density at radius 3 is 2.74 bits per heavy atom. The molecule has 0 fully saturated rings. The SMILES string of the molecule is OCCCOc1nc2ccc(Cl)cc2n2c(C(F)(F)F)nnc12. The summed E-state index contributed by atoms with van der Waals surface area (Å²) in [4.78, 5) is 4.16. The van der Waals surface area contributed by atoms with E-state index in [-0.39, 0.29) is 40.8 Å². The number of aliphatic hydroxyl groups excluding tert-OH is 1. The summed E-state index contributed by atoms with van der Waals surface area (Å²) in [6.45, 7) is -0.0214. The summed E-state index contributed by atoms with van der Waals surface area (Å²) in [6.07, 6.45) is -4.38. The molecule has 0 aliphatic rings. The minimum Gasteiger partial charge on any atom is -0.475 e. The number of hydrogen-bond acceptors (Lipinski definition) is 5. The number of halogens is 4. The highest BCUT2D eigenvalue weighted by Gasteiger charge is 2.38. The van der Waals surface area contributed by atoms with Gasteiger partial charge in [-0.25, -0.2) is 4.98 Å². The van der Waals surface area contributed by atoms with Gasteiger partial charge in [0.25, 0.3) is 5.88 Å². The van der Waals surface area contributed by atoms with Gasteiger partial charge in [0.05, 0.1) is 17.6 Å². The normalized spacial score (nSPS) is 12.2. The summed E-state index contributed by atoms with van der Waals surface area (Å²) < 4.78 is 45.7. The van der Waals surface area contributed by atoms with E-state index < -0.39 is 12.0 Å². The monoisotopic (exact) mass is 346 g/mol. The molecule has 0 atom stereocenters. The maximum atomic E-state index is 13.2. The molecule has 0 aliphatic carbocycles. The summed E-state index contributed by atoms with van der Waals surface area (Å²) >= 11 is 5.87. The van der Waals surface area contributed by atoms with Crippen molar-refractivity contribution in [2.45, 2.75) is 12.6 Å². The Hall–Kier alpha value is -2.13. The number of aromatic nitrogens is 4. The van der Waals surface area contributed by atoms with Gasteiger partial charge in [-0.15, -0.1) is 10.2 Å². The highest BCUT2D eigenvalue weighted by molar-refractivity contribution is 6.31. The first-order valence-corrected chi connectivity index (χ1v) is 6.95. The van der Waals surface area contributed by atoms with Gasteiger partial charge in [0.15, 0.2) is 0 Å². The average Bonchev–Trinajstić information content (AvgIpc) is 2.93. The van der Waals surface area contributed by atoms with E-state index >= 15 is 0 Å². The Bertz CT molecular complexity index is 866. The summed E-state index contributed by atoms with van der Waals surface area (Å²) in [5.41, 5.74) is 0.218. The summed E-state index contributed by atoms with van der Waals surface area (Å²) in [7, 11) is 0. The minimum absolute atomic E-state index is 0.0868. The maximum absolute atomic E-state index is 13.2. The molecule has 2 aromatic heterocycles. The van der Waals surface area contributed by atoms with Crippen molar-refractivity contribution in [2.75, 3.05) is 13.2 Å². The molecular formula is C13H10ClF3N4O2. The first kappa shape index (κ1) is 15.8. The highest BCUT2D eigenvalue weighted by Crippen LogP contribution is 2.33. The van der Waals surface area contributed by atoms with Crippen LogP contribution in [0, 0.1) is 0 Å². The lowest BCUT2D eigenvalue weighted by Gasteiger charge is -2.10. The van der Waals surface area contributed by atoms with E-state index in [1.165, 1.54) is 18.2 Å². The van der Waals surface area contributed by atoms with Crippen LogP contribution in [0.2, 0.25) is 5.02 Å². The van der Waals surface area contributed by atoms with Crippen molar-refractivity contribution in [3.63, 3.8) is 0 Å². The second-order valence-corrected chi connectivity index (χ2v) is 5.09. The lowest BCUT2D eigenvalue weighted by Crippen LogP contribution is -2.12. The molecule has 0 amide bonds. The first-order chi connectivity index (χ1) is 10.9. The largest absolute Gasteiger partial charge is 0.475 e. The van der Waals surface area contributed by atoms with Crippen LogP contribution in [0.3, 0.4) is 0 Å². The fourth-order valence-corrected chi connectivity index (χ4v) is 2.26. The fourth-order valence-electron chi connectivity index (χ4n) is 2.09. The molecule has 0 saturated heterocycles. The fraction of sp³-hybridized carbons (Fsp3) is 0.308. The predicted molar refractivity (Wildman–Crippen MR) is 75.5 cm³/mol. The summed E-state index contributed by atoms with van der Waals surface area (Å²) in [5, 5.41) is 15.8. The molecule has 0 aliphatic heterocycles. The Balaban J connectivity index is 2.29. The topological polar surface area (TPSA) is 72.5 Å². The molecule has 1 aromatic carbocycles. The maximum Gasteiger partial charge on any atom is 0.452 e. The van der Waals surface area contributed by atoms with E-state index in [0.717, 1.165) is 4.40 Å². The van der Waals surface area contributed by atoms with E-state index in [4.69, 9.17) is 21.4 Å².